The maximum absolute atomic E-state index is 12.5. The van der Waals surface area contributed by atoms with Gasteiger partial charge < -0.3 is 15.4 Å². The lowest BCUT2D eigenvalue weighted by Gasteiger charge is -2.43. The van der Waals surface area contributed by atoms with E-state index >= 15 is 0 Å². The Labute approximate surface area is 103 Å². The van der Waals surface area contributed by atoms with E-state index in [1.165, 1.54) is 0 Å². The van der Waals surface area contributed by atoms with Crippen LogP contribution in [0.3, 0.4) is 0 Å². The first kappa shape index (κ1) is 12.8. The van der Waals surface area contributed by atoms with E-state index in [9.17, 15) is 4.79 Å². The lowest BCUT2D eigenvalue weighted by molar-refractivity contribution is -0.147. The topological polar surface area (TPSA) is 55.6 Å². The molecule has 0 aromatic rings. The Morgan fingerprint density at radius 3 is 2.71 bits per heavy atom. The van der Waals surface area contributed by atoms with E-state index in [4.69, 9.17) is 10.5 Å². The van der Waals surface area contributed by atoms with Gasteiger partial charge in [0.1, 0.15) is 0 Å². The molecule has 2 aliphatic rings. The van der Waals surface area contributed by atoms with Crippen molar-refractivity contribution in [2.45, 2.75) is 32.6 Å². The predicted molar refractivity (Wildman–Crippen MR) is 66.5 cm³/mol. The largest absolute Gasteiger partial charge is 0.381 e. The van der Waals surface area contributed by atoms with Crippen LogP contribution < -0.4 is 5.73 Å². The second kappa shape index (κ2) is 5.36. The molecule has 2 rings (SSSR count). The summed E-state index contributed by atoms with van der Waals surface area (Å²) >= 11 is 0. The van der Waals surface area contributed by atoms with Crippen molar-refractivity contribution in [3.05, 3.63) is 0 Å². The molecule has 4 nitrogen and oxygen atoms in total. The molecule has 4 heteroatoms. The highest BCUT2D eigenvalue weighted by Crippen LogP contribution is 2.41. The minimum absolute atomic E-state index is 0.227. The molecule has 0 radical (unpaired) electrons. The van der Waals surface area contributed by atoms with Gasteiger partial charge in [-0.2, -0.15) is 0 Å². The van der Waals surface area contributed by atoms with Gasteiger partial charge in [0.05, 0.1) is 12.0 Å². The molecule has 17 heavy (non-hydrogen) atoms. The molecule has 2 fully saturated rings. The van der Waals surface area contributed by atoms with Gasteiger partial charge in [-0.25, -0.2) is 0 Å². The van der Waals surface area contributed by atoms with Crippen LogP contribution >= 0.6 is 0 Å². The third-order valence-electron chi connectivity index (χ3n) is 4.33. The average molecular weight is 240 g/mol. The van der Waals surface area contributed by atoms with Crippen molar-refractivity contribution in [1.29, 1.82) is 0 Å². The molecule has 0 aromatic carbocycles. The Morgan fingerprint density at radius 1 is 1.53 bits per heavy atom. The molecule has 2 N–H and O–H groups in total. The molecule has 98 valence electrons. The minimum atomic E-state index is -0.227. The van der Waals surface area contributed by atoms with Crippen LogP contribution in [0.4, 0.5) is 0 Å². The number of nitrogens with two attached hydrogens (primary N) is 1. The Hall–Kier alpha value is -0.610. The minimum Gasteiger partial charge on any atom is -0.381 e. The van der Waals surface area contributed by atoms with E-state index < -0.39 is 0 Å². The van der Waals surface area contributed by atoms with E-state index in [-0.39, 0.29) is 11.3 Å². The van der Waals surface area contributed by atoms with E-state index in [2.05, 4.69) is 6.92 Å². The van der Waals surface area contributed by atoms with Crippen LogP contribution in [-0.4, -0.2) is 43.7 Å². The molecule has 1 aliphatic heterocycles. The van der Waals surface area contributed by atoms with Gasteiger partial charge in [-0.05, 0) is 26.2 Å². The smallest absolute Gasteiger partial charge is 0.230 e. The van der Waals surface area contributed by atoms with Gasteiger partial charge >= 0.3 is 0 Å². The van der Waals surface area contributed by atoms with E-state index in [0.29, 0.717) is 12.5 Å². The van der Waals surface area contributed by atoms with Crippen LogP contribution in [0.25, 0.3) is 0 Å². The van der Waals surface area contributed by atoms with Gasteiger partial charge in [0.15, 0.2) is 0 Å². The molecule has 1 aliphatic carbocycles. The van der Waals surface area contributed by atoms with Crippen molar-refractivity contribution in [3.63, 3.8) is 0 Å². The van der Waals surface area contributed by atoms with Gasteiger partial charge in [0, 0.05) is 32.2 Å². The number of ether oxygens (including phenoxy) is 1. The first-order chi connectivity index (χ1) is 8.22. The summed E-state index contributed by atoms with van der Waals surface area (Å²) in [5.74, 6) is 0.800. The number of amides is 1. The van der Waals surface area contributed by atoms with Gasteiger partial charge in [0.2, 0.25) is 5.91 Å². The lowest BCUT2D eigenvalue weighted by atomic mass is 9.67. The number of carbonyl (C=O) groups excluding carboxylic acids is 1. The highest BCUT2D eigenvalue weighted by molar-refractivity contribution is 5.84. The maximum Gasteiger partial charge on any atom is 0.230 e. The number of hydrogen-bond donors (Lipinski definition) is 1. The second-order valence-corrected chi connectivity index (χ2v) is 5.41. The number of hydrogen-bond acceptors (Lipinski definition) is 3. The van der Waals surface area contributed by atoms with Crippen molar-refractivity contribution in [1.82, 2.24) is 4.90 Å². The van der Waals surface area contributed by atoms with Gasteiger partial charge in [-0.3, -0.25) is 4.79 Å². The van der Waals surface area contributed by atoms with E-state index in [1.54, 1.807) is 0 Å². The maximum atomic E-state index is 12.5. The molecule has 1 atom stereocenters. The second-order valence-electron chi connectivity index (χ2n) is 5.41. The van der Waals surface area contributed by atoms with Crippen molar-refractivity contribution in [3.8, 4) is 0 Å². The Bertz CT molecular complexity index is 265. The molecule has 1 amide bonds. The molecule has 0 spiro atoms. The van der Waals surface area contributed by atoms with Crippen LogP contribution in [0.1, 0.15) is 32.6 Å². The van der Waals surface area contributed by atoms with Crippen molar-refractivity contribution in [2.75, 3.05) is 32.8 Å². The molecule has 0 aromatic heterocycles. The molecular formula is C13H24N2O2. The highest BCUT2D eigenvalue weighted by Gasteiger charge is 2.45. The first-order valence-electron chi connectivity index (χ1n) is 6.79. The fraction of sp³-hybridized carbons (Fsp3) is 0.923. The summed E-state index contributed by atoms with van der Waals surface area (Å²) in [6.45, 7) is 5.84. The van der Waals surface area contributed by atoms with Crippen molar-refractivity contribution >= 4 is 5.91 Å². The zero-order valence-electron chi connectivity index (χ0n) is 10.8. The summed E-state index contributed by atoms with van der Waals surface area (Å²) in [4.78, 5) is 14.5. The molecule has 1 heterocycles. The third-order valence-corrected chi connectivity index (χ3v) is 4.33. The molecule has 0 bridgehead atoms. The molecule has 1 saturated heterocycles. The quantitative estimate of drug-likeness (QED) is 0.780. The van der Waals surface area contributed by atoms with Crippen LogP contribution in [-0.2, 0) is 9.53 Å². The summed E-state index contributed by atoms with van der Waals surface area (Å²) < 4.78 is 5.37. The summed E-state index contributed by atoms with van der Waals surface area (Å²) in [6, 6.07) is 0. The van der Waals surface area contributed by atoms with E-state index in [0.717, 1.165) is 52.0 Å². The van der Waals surface area contributed by atoms with Gasteiger partial charge in [-0.15, -0.1) is 0 Å². The van der Waals surface area contributed by atoms with Crippen LogP contribution in [0.5, 0.6) is 0 Å². The number of nitrogens with zero attached hydrogens (tertiary/aromatic N) is 1. The Morgan fingerprint density at radius 2 is 2.29 bits per heavy atom. The summed E-state index contributed by atoms with van der Waals surface area (Å²) in [5.41, 5.74) is 5.57. The average Bonchev–Trinajstić information content (AvgIpc) is 2.77. The van der Waals surface area contributed by atoms with Gasteiger partial charge in [0.25, 0.3) is 0 Å². The monoisotopic (exact) mass is 240 g/mol. The third kappa shape index (κ3) is 2.47. The number of carbonyl (C=O) groups is 1. The molecule has 1 saturated carbocycles. The molecule has 1 unspecified atom stereocenters. The van der Waals surface area contributed by atoms with Crippen LogP contribution in [0.2, 0.25) is 0 Å². The fourth-order valence-electron chi connectivity index (χ4n) is 2.84. The zero-order valence-corrected chi connectivity index (χ0v) is 10.8. The van der Waals surface area contributed by atoms with Crippen LogP contribution in [0.15, 0.2) is 0 Å². The Balaban J connectivity index is 1.94. The fourth-order valence-corrected chi connectivity index (χ4v) is 2.84. The first-order valence-corrected chi connectivity index (χ1v) is 6.79. The van der Waals surface area contributed by atoms with Gasteiger partial charge in [-0.1, -0.05) is 6.42 Å². The summed E-state index contributed by atoms with van der Waals surface area (Å²) in [6.07, 6.45) is 4.17. The molecular weight excluding hydrogens is 216 g/mol. The standard InChI is InChI=1S/C13H24N2O2/c1-2-15(8-11-4-7-17-9-11)12(16)13(10-14)5-3-6-13/h11H,2-10,14H2,1H3. The number of rotatable bonds is 5. The lowest BCUT2D eigenvalue weighted by Crippen LogP contribution is -2.52. The van der Waals surface area contributed by atoms with Crippen LogP contribution in [0, 0.1) is 11.3 Å². The Kier molecular flexibility index (Phi) is 4.05. The summed E-state index contributed by atoms with van der Waals surface area (Å²) in [7, 11) is 0. The zero-order chi connectivity index (χ0) is 12.3. The summed E-state index contributed by atoms with van der Waals surface area (Å²) in [5, 5.41) is 0. The normalized spacial score (nSPS) is 26.6. The van der Waals surface area contributed by atoms with Crippen molar-refractivity contribution < 1.29 is 9.53 Å². The highest BCUT2D eigenvalue weighted by atomic mass is 16.5. The predicted octanol–water partition coefficient (Wildman–Crippen LogP) is 1.00. The van der Waals surface area contributed by atoms with E-state index in [1.807, 2.05) is 4.90 Å². The SMILES string of the molecule is CCN(CC1CCOC1)C(=O)C1(CN)CCC1. The van der Waals surface area contributed by atoms with Crippen molar-refractivity contribution in [2.24, 2.45) is 17.1 Å².